The zero-order valence-electron chi connectivity index (χ0n) is 9.74. The maximum atomic E-state index is 9.03. The zero-order chi connectivity index (χ0) is 12.4. The summed E-state index contributed by atoms with van der Waals surface area (Å²) in [6, 6.07) is 13.4. The molecule has 1 atom stereocenters. The topological polar surface area (TPSA) is 51.6 Å². The third kappa shape index (κ3) is 2.08. The van der Waals surface area contributed by atoms with E-state index < -0.39 is 0 Å². The predicted molar refractivity (Wildman–Crippen MR) is 64.8 cm³/mol. The van der Waals surface area contributed by atoms with E-state index in [9.17, 15) is 0 Å². The van der Waals surface area contributed by atoms with Crippen molar-refractivity contribution in [3.05, 3.63) is 59.4 Å². The second-order valence-electron chi connectivity index (χ2n) is 4.08. The van der Waals surface area contributed by atoms with Crippen LogP contribution in [-0.2, 0) is 18.0 Å². The average Bonchev–Trinajstić information content (AvgIpc) is 2.47. The van der Waals surface area contributed by atoms with Crippen molar-refractivity contribution in [2.45, 2.75) is 19.5 Å². The normalized spacial score (nSPS) is 17.9. The zero-order valence-corrected chi connectivity index (χ0v) is 9.74. The summed E-state index contributed by atoms with van der Waals surface area (Å²) in [7, 11) is 0. The van der Waals surface area contributed by atoms with Gasteiger partial charge in [0, 0.05) is 5.56 Å². The molecule has 2 aromatic rings. The third-order valence-corrected chi connectivity index (χ3v) is 2.83. The van der Waals surface area contributed by atoms with E-state index in [1.165, 1.54) is 0 Å². The van der Waals surface area contributed by atoms with Gasteiger partial charge >= 0.3 is 0 Å². The van der Waals surface area contributed by atoms with Gasteiger partial charge in [0.2, 0.25) is 6.29 Å². The lowest BCUT2D eigenvalue weighted by molar-refractivity contribution is -0.113. The Bertz CT molecular complexity index is 542. The summed E-state index contributed by atoms with van der Waals surface area (Å²) in [6.07, 6.45) is -0.388. The van der Waals surface area contributed by atoms with Gasteiger partial charge in [-0.15, -0.1) is 0 Å². The number of benzene rings is 1. The average molecular weight is 243 g/mol. The molecule has 1 aromatic heterocycles. The van der Waals surface area contributed by atoms with Crippen LogP contribution in [0.3, 0.4) is 0 Å². The first kappa shape index (κ1) is 11.2. The van der Waals surface area contributed by atoms with Crippen molar-refractivity contribution in [3.63, 3.8) is 0 Å². The Morgan fingerprint density at radius 1 is 1.17 bits per heavy atom. The molecule has 0 saturated heterocycles. The Hall–Kier alpha value is -1.91. The monoisotopic (exact) mass is 243 g/mol. The highest BCUT2D eigenvalue weighted by atomic mass is 16.7. The van der Waals surface area contributed by atoms with Crippen molar-refractivity contribution in [3.8, 4) is 5.75 Å². The van der Waals surface area contributed by atoms with Crippen LogP contribution in [-0.4, -0.2) is 10.1 Å². The maximum absolute atomic E-state index is 9.03. The third-order valence-electron chi connectivity index (χ3n) is 2.83. The summed E-state index contributed by atoms with van der Waals surface area (Å²) in [6.45, 7) is 0.318. The van der Waals surface area contributed by atoms with Crippen molar-refractivity contribution in [2.75, 3.05) is 0 Å². The minimum Gasteiger partial charge on any atom is -0.459 e. The number of rotatable bonds is 2. The minimum absolute atomic E-state index is 0.0740. The molecule has 4 nitrogen and oxygen atoms in total. The number of fused-ring (bicyclic) bond motifs is 1. The van der Waals surface area contributed by atoms with Gasteiger partial charge in [-0.25, -0.2) is 4.98 Å². The standard InChI is InChI=1S/C14H13NO3/c16-8-11-6-7-13-12(15-11)9-17-14(18-13)10-4-2-1-3-5-10/h1-7,14,16H,8-9H2/t14-/m1/s1. The molecule has 3 rings (SSSR count). The Kier molecular flexibility index (Phi) is 2.96. The molecule has 0 amide bonds. The fourth-order valence-electron chi connectivity index (χ4n) is 1.91. The van der Waals surface area contributed by atoms with Gasteiger partial charge in [-0.3, -0.25) is 0 Å². The van der Waals surface area contributed by atoms with Crippen LogP contribution in [0.4, 0.5) is 0 Å². The molecule has 18 heavy (non-hydrogen) atoms. The number of hydrogen-bond acceptors (Lipinski definition) is 4. The summed E-state index contributed by atoms with van der Waals surface area (Å²) >= 11 is 0. The maximum Gasteiger partial charge on any atom is 0.227 e. The first-order chi connectivity index (χ1) is 8.86. The van der Waals surface area contributed by atoms with Crippen LogP contribution < -0.4 is 4.74 Å². The molecule has 0 spiro atoms. The number of aromatic nitrogens is 1. The van der Waals surface area contributed by atoms with E-state index in [1.54, 1.807) is 6.07 Å². The van der Waals surface area contributed by atoms with E-state index >= 15 is 0 Å². The molecule has 1 aliphatic heterocycles. The van der Waals surface area contributed by atoms with Gasteiger partial charge in [-0.2, -0.15) is 0 Å². The lowest BCUT2D eigenvalue weighted by Gasteiger charge is -2.26. The smallest absolute Gasteiger partial charge is 0.227 e. The van der Waals surface area contributed by atoms with Gasteiger partial charge in [0.1, 0.15) is 11.4 Å². The van der Waals surface area contributed by atoms with Gasteiger partial charge in [0.25, 0.3) is 0 Å². The quantitative estimate of drug-likeness (QED) is 0.878. The van der Waals surface area contributed by atoms with Crippen molar-refractivity contribution in [1.82, 2.24) is 4.98 Å². The predicted octanol–water partition coefficient (Wildman–Crippen LogP) is 2.18. The van der Waals surface area contributed by atoms with E-state index in [0.717, 1.165) is 11.3 Å². The van der Waals surface area contributed by atoms with Crippen LogP contribution in [0.2, 0.25) is 0 Å². The highest BCUT2D eigenvalue weighted by Crippen LogP contribution is 2.31. The van der Waals surface area contributed by atoms with Gasteiger partial charge in [-0.05, 0) is 12.1 Å². The molecular formula is C14H13NO3. The Morgan fingerprint density at radius 2 is 2.00 bits per heavy atom. The second-order valence-corrected chi connectivity index (χ2v) is 4.08. The van der Waals surface area contributed by atoms with Gasteiger partial charge in [-0.1, -0.05) is 30.3 Å². The minimum atomic E-state index is -0.388. The number of aliphatic hydroxyl groups is 1. The van der Waals surface area contributed by atoms with E-state index in [-0.39, 0.29) is 12.9 Å². The largest absolute Gasteiger partial charge is 0.459 e. The molecule has 4 heteroatoms. The van der Waals surface area contributed by atoms with Crippen molar-refractivity contribution >= 4 is 0 Å². The summed E-state index contributed by atoms with van der Waals surface area (Å²) in [5, 5.41) is 9.03. The molecule has 1 aromatic carbocycles. The summed E-state index contributed by atoms with van der Waals surface area (Å²) in [5.41, 5.74) is 2.34. The van der Waals surface area contributed by atoms with Crippen molar-refractivity contribution in [2.24, 2.45) is 0 Å². The molecule has 0 unspecified atom stereocenters. The molecule has 1 N–H and O–H groups in total. The molecule has 0 aliphatic carbocycles. The highest BCUT2D eigenvalue weighted by Gasteiger charge is 2.22. The van der Waals surface area contributed by atoms with Crippen LogP contribution in [0.15, 0.2) is 42.5 Å². The first-order valence-electron chi connectivity index (χ1n) is 5.79. The summed E-state index contributed by atoms with van der Waals surface area (Å²) < 4.78 is 11.4. The van der Waals surface area contributed by atoms with Crippen LogP contribution in [0.5, 0.6) is 5.75 Å². The molecule has 0 bridgehead atoms. The number of hydrogen-bond donors (Lipinski definition) is 1. The van der Waals surface area contributed by atoms with Crippen molar-refractivity contribution < 1.29 is 14.6 Å². The lowest BCUT2D eigenvalue weighted by atomic mass is 10.2. The van der Waals surface area contributed by atoms with Crippen LogP contribution >= 0.6 is 0 Å². The fourth-order valence-corrected chi connectivity index (χ4v) is 1.91. The van der Waals surface area contributed by atoms with Gasteiger partial charge in [0.05, 0.1) is 18.9 Å². The molecule has 0 radical (unpaired) electrons. The first-order valence-corrected chi connectivity index (χ1v) is 5.79. The number of pyridine rings is 1. The Morgan fingerprint density at radius 3 is 2.78 bits per heavy atom. The Balaban J connectivity index is 1.85. The molecule has 0 fully saturated rings. The van der Waals surface area contributed by atoms with E-state index in [1.807, 2.05) is 36.4 Å². The highest BCUT2D eigenvalue weighted by molar-refractivity contribution is 5.31. The molecule has 1 aliphatic rings. The van der Waals surface area contributed by atoms with Gasteiger partial charge in [0.15, 0.2) is 0 Å². The van der Waals surface area contributed by atoms with Crippen molar-refractivity contribution in [1.29, 1.82) is 0 Å². The van der Waals surface area contributed by atoms with Crippen LogP contribution in [0.25, 0.3) is 0 Å². The van der Waals surface area contributed by atoms with E-state index in [4.69, 9.17) is 14.6 Å². The summed E-state index contributed by atoms with van der Waals surface area (Å²) in [4.78, 5) is 4.26. The molecular weight excluding hydrogens is 230 g/mol. The molecule has 2 heterocycles. The van der Waals surface area contributed by atoms with E-state index in [0.29, 0.717) is 18.1 Å². The van der Waals surface area contributed by atoms with Crippen LogP contribution in [0.1, 0.15) is 23.2 Å². The Labute approximate surface area is 105 Å². The second kappa shape index (κ2) is 4.76. The fraction of sp³-hybridized carbons (Fsp3) is 0.214. The molecule has 0 saturated carbocycles. The molecule has 92 valence electrons. The van der Waals surface area contributed by atoms with Crippen LogP contribution in [0, 0.1) is 0 Å². The van der Waals surface area contributed by atoms with E-state index in [2.05, 4.69) is 4.98 Å². The van der Waals surface area contributed by atoms with Gasteiger partial charge < -0.3 is 14.6 Å². The SMILES string of the molecule is OCc1ccc2c(n1)CO[C@@H](c1ccccc1)O2. The number of ether oxygens (including phenoxy) is 2. The lowest BCUT2D eigenvalue weighted by Crippen LogP contribution is -2.19. The summed E-state index contributed by atoms with van der Waals surface area (Å²) in [5.74, 6) is 0.715. The number of nitrogens with zero attached hydrogens (tertiary/aromatic N) is 1. The number of aliphatic hydroxyl groups excluding tert-OH is 1.